The van der Waals surface area contributed by atoms with Gasteiger partial charge in [0, 0.05) is 29.0 Å². The minimum Gasteiger partial charge on any atom is -0.477 e. The highest BCUT2D eigenvalue weighted by atomic mass is 79.9. The summed E-state index contributed by atoms with van der Waals surface area (Å²) in [6, 6.07) is 5.38. The predicted molar refractivity (Wildman–Crippen MR) is 65.4 cm³/mol. The van der Waals surface area contributed by atoms with E-state index in [0.717, 1.165) is 6.07 Å². The molecule has 1 heterocycles. The van der Waals surface area contributed by atoms with Gasteiger partial charge in [0.2, 0.25) is 0 Å². The number of benzene rings is 1. The Morgan fingerprint density at radius 2 is 2.17 bits per heavy atom. The van der Waals surface area contributed by atoms with Crippen molar-refractivity contribution in [3.05, 3.63) is 52.5 Å². The molecule has 0 aliphatic carbocycles. The zero-order valence-electron chi connectivity index (χ0n) is 8.93. The summed E-state index contributed by atoms with van der Waals surface area (Å²) in [6.07, 6.45) is 2.57. The van der Waals surface area contributed by atoms with Crippen molar-refractivity contribution in [3.8, 4) is 11.5 Å². The molecule has 1 aromatic heterocycles. The Bertz CT molecular complexity index is 583. The van der Waals surface area contributed by atoms with E-state index in [1.54, 1.807) is 0 Å². The highest BCUT2D eigenvalue weighted by molar-refractivity contribution is 9.10. The summed E-state index contributed by atoms with van der Waals surface area (Å²) in [4.78, 5) is 14.6. The number of aromatic nitrogens is 1. The summed E-state index contributed by atoms with van der Waals surface area (Å²) in [6.45, 7) is 0. The molecule has 1 aromatic carbocycles. The van der Waals surface area contributed by atoms with Gasteiger partial charge in [-0.3, -0.25) is 4.98 Å². The molecule has 0 aliphatic rings. The molecule has 0 unspecified atom stereocenters. The van der Waals surface area contributed by atoms with Crippen LogP contribution in [0.3, 0.4) is 0 Å². The fourth-order valence-electron chi connectivity index (χ4n) is 1.35. The van der Waals surface area contributed by atoms with Gasteiger partial charge >= 0.3 is 5.97 Å². The van der Waals surface area contributed by atoms with E-state index in [0.29, 0.717) is 4.47 Å². The highest BCUT2D eigenvalue weighted by Gasteiger charge is 2.12. The number of carbonyl (C=O) groups is 1. The molecule has 0 saturated heterocycles. The summed E-state index contributed by atoms with van der Waals surface area (Å²) < 4.78 is 19.0. The first-order chi connectivity index (χ1) is 8.56. The van der Waals surface area contributed by atoms with Gasteiger partial charge in [-0.2, -0.15) is 0 Å². The van der Waals surface area contributed by atoms with Crippen molar-refractivity contribution >= 4 is 21.9 Å². The maximum Gasteiger partial charge on any atom is 0.341 e. The third kappa shape index (κ3) is 2.84. The smallest absolute Gasteiger partial charge is 0.341 e. The molecule has 0 bridgehead atoms. The van der Waals surface area contributed by atoms with Gasteiger partial charge in [0.05, 0.1) is 0 Å². The number of rotatable bonds is 3. The standard InChI is InChI=1S/C12H7BrFNO3/c13-7-3-8(14)5-9(4-7)18-11-1-2-15-6-10(11)12(16)17/h1-6H,(H,16,17). The molecule has 0 fully saturated rings. The lowest BCUT2D eigenvalue weighted by Gasteiger charge is -2.08. The van der Waals surface area contributed by atoms with Crippen molar-refractivity contribution in [2.24, 2.45) is 0 Å². The van der Waals surface area contributed by atoms with E-state index in [1.807, 2.05) is 0 Å². The predicted octanol–water partition coefficient (Wildman–Crippen LogP) is 3.47. The lowest BCUT2D eigenvalue weighted by Crippen LogP contribution is -2.00. The number of carboxylic acids is 1. The Balaban J connectivity index is 2.37. The van der Waals surface area contributed by atoms with Crippen LogP contribution >= 0.6 is 15.9 Å². The second-order valence-corrected chi connectivity index (χ2v) is 4.30. The molecule has 0 radical (unpaired) electrons. The minimum atomic E-state index is -1.16. The van der Waals surface area contributed by atoms with E-state index < -0.39 is 11.8 Å². The molecule has 2 rings (SSSR count). The van der Waals surface area contributed by atoms with Crippen molar-refractivity contribution < 1.29 is 19.0 Å². The van der Waals surface area contributed by atoms with Crippen LogP contribution in [0.2, 0.25) is 0 Å². The summed E-state index contributed by atoms with van der Waals surface area (Å²) in [5.74, 6) is -1.33. The zero-order chi connectivity index (χ0) is 13.1. The van der Waals surface area contributed by atoms with Crippen molar-refractivity contribution in [3.63, 3.8) is 0 Å². The monoisotopic (exact) mass is 311 g/mol. The van der Waals surface area contributed by atoms with E-state index in [-0.39, 0.29) is 17.1 Å². The van der Waals surface area contributed by atoms with Gasteiger partial charge in [0.1, 0.15) is 22.9 Å². The SMILES string of the molecule is O=C(O)c1cnccc1Oc1cc(F)cc(Br)c1. The average Bonchev–Trinajstić information content (AvgIpc) is 2.27. The molecule has 6 heteroatoms. The molecule has 0 spiro atoms. The van der Waals surface area contributed by atoms with Gasteiger partial charge in [-0.1, -0.05) is 15.9 Å². The van der Waals surface area contributed by atoms with Crippen LogP contribution in [0.4, 0.5) is 4.39 Å². The Morgan fingerprint density at radius 1 is 1.39 bits per heavy atom. The van der Waals surface area contributed by atoms with Gasteiger partial charge in [0.15, 0.2) is 0 Å². The van der Waals surface area contributed by atoms with Crippen molar-refractivity contribution in [1.82, 2.24) is 4.98 Å². The van der Waals surface area contributed by atoms with Crippen LogP contribution < -0.4 is 4.74 Å². The van der Waals surface area contributed by atoms with Gasteiger partial charge in [-0.25, -0.2) is 9.18 Å². The number of aromatic carboxylic acids is 1. The number of hydrogen-bond donors (Lipinski definition) is 1. The third-order valence-corrected chi connectivity index (χ3v) is 2.53. The van der Waals surface area contributed by atoms with Gasteiger partial charge in [-0.15, -0.1) is 0 Å². The number of nitrogens with zero attached hydrogens (tertiary/aromatic N) is 1. The molecule has 0 atom stereocenters. The largest absolute Gasteiger partial charge is 0.477 e. The van der Waals surface area contributed by atoms with Gasteiger partial charge in [0.25, 0.3) is 0 Å². The molecule has 1 N–H and O–H groups in total. The average molecular weight is 312 g/mol. The highest BCUT2D eigenvalue weighted by Crippen LogP contribution is 2.27. The Hall–Kier alpha value is -1.95. The minimum absolute atomic E-state index is 0.0853. The van der Waals surface area contributed by atoms with Crippen LogP contribution in [0, 0.1) is 5.82 Å². The van der Waals surface area contributed by atoms with Crippen LogP contribution in [0.25, 0.3) is 0 Å². The molecule has 0 amide bonds. The van der Waals surface area contributed by atoms with Crippen molar-refractivity contribution in [2.75, 3.05) is 0 Å². The zero-order valence-corrected chi connectivity index (χ0v) is 10.5. The summed E-state index contributed by atoms with van der Waals surface area (Å²) >= 11 is 3.13. The first kappa shape index (κ1) is 12.5. The number of pyridine rings is 1. The lowest BCUT2D eigenvalue weighted by atomic mass is 10.2. The topological polar surface area (TPSA) is 59.4 Å². The lowest BCUT2D eigenvalue weighted by molar-refractivity contribution is 0.0693. The molecule has 18 heavy (non-hydrogen) atoms. The normalized spacial score (nSPS) is 10.1. The van der Waals surface area contributed by atoms with Crippen LogP contribution in [0.5, 0.6) is 11.5 Å². The summed E-state index contributed by atoms with van der Waals surface area (Å²) in [5.41, 5.74) is -0.0853. The van der Waals surface area contributed by atoms with Crippen molar-refractivity contribution in [2.45, 2.75) is 0 Å². The van der Waals surface area contributed by atoms with E-state index >= 15 is 0 Å². The molecule has 4 nitrogen and oxygen atoms in total. The molecular weight excluding hydrogens is 305 g/mol. The van der Waals surface area contributed by atoms with E-state index in [1.165, 1.54) is 30.6 Å². The second kappa shape index (κ2) is 5.14. The fraction of sp³-hybridized carbons (Fsp3) is 0. The summed E-state index contributed by atoms with van der Waals surface area (Å²) in [5, 5.41) is 8.95. The third-order valence-electron chi connectivity index (χ3n) is 2.08. The number of hydrogen-bond acceptors (Lipinski definition) is 3. The Labute approximate surface area is 110 Å². The maximum absolute atomic E-state index is 13.2. The van der Waals surface area contributed by atoms with E-state index in [4.69, 9.17) is 9.84 Å². The quantitative estimate of drug-likeness (QED) is 0.943. The Kier molecular flexibility index (Phi) is 3.57. The Morgan fingerprint density at radius 3 is 2.83 bits per heavy atom. The van der Waals surface area contributed by atoms with E-state index in [9.17, 15) is 9.18 Å². The van der Waals surface area contributed by atoms with Crippen LogP contribution in [0.1, 0.15) is 10.4 Å². The van der Waals surface area contributed by atoms with E-state index in [2.05, 4.69) is 20.9 Å². The molecule has 92 valence electrons. The maximum atomic E-state index is 13.2. The number of ether oxygens (including phenoxy) is 1. The molecule has 0 saturated carbocycles. The first-order valence-electron chi connectivity index (χ1n) is 4.87. The molecule has 0 aliphatic heterocycles. The van der Waals surface area contributed by atoms with Crippen LogP contribution in [0.15, 0.2) is 41.1 Å². The second-order valence-electron chi connectivity index (χ2n) is 3.38. The fourth-order valence-corrected chi connectivity index (χ4v) is 1.79. The number of halogens is 2. The number of carboxylic acid groups (broad SMARTS) is 1. The van der Waals surface area contributed by atoms with Crippen LogP contribution in [-0.4, -0.2) is 16.1 Å². The van der Waals surface area contributed by atoms with Gasteiger partial charge in [-0.05, 0) is 12.1 Å². The van der Waals surface area contributed by atoms with Crippen LogP contribution in [-0.2, 0) is 0 Å². The summed E-state index contributed by atoms with van der Waals surface area (Å²) in [7, 11) is 0. The molecule has 2 aromatic rings. The first-order valence-corrected chi connectivity index (χ1v) is 5.67. The van der Waals surface area contributed by atoms with Gasteiger partial charge < -0.3 is 9.84 Å². The van der Waals surface area contributed by atoms with Crippen molar-refractivity contribution in [1.29, 1.82) is 0 Å². The molecular formula is C12H7BrFNO3.